The van der Waals surface area contributed by atoms with Gasteiger partial charge in [0.1, 0.15) is 0 Å². The van der Waals surface area contributed by atoms with Crippen molar-refractivity contribution >= 4 is 17.9 Å². The molecule has 0 unspecified atom stereocenters. The van der Waals surface area contributed by atoms with Gasteiger partial charge in [0.2, 0.25) is 0 Å². The summed E-state index contributed by atoms with van der Waals surface area (Å²) >= 11 is 0. The number of benzene rings is 3. The molecular weight excluding hydrogens is 366 g/mol. The lowest BCUT2D eigenvalue weighted by molar-refractivity contribution is 0.0857. The summed E-state index contributed by atoms with van der Waals surface area (Å²) in [5.74, 6) is 4.33. The number of nitrogens with zero attached hydrogens (tertiary/aromatic N) is 1. The number of carbonyl (C=O) groups is 2. The highest BCUT2D eigenvalue weighted by Crippen LogP contribution is 2.15. The first-order valence-corrected chi connectivity index (χ1v) is 9.06. The molecule has 3 aromatic carbocycles. The van der Waals surface area contributed by atoms with Gasteiger partial charge in [0.05, 0.1) is 12.3 Å². The van der Waals surface area contributed by atoms with E-state index in [1.807, 2.05) is 30.3 Å². The zero-order valence-electron chi connectivity index (χ0n) is 15.6. The first kappa shape index (κ1) is 19.8. The van der Waals surface area contributed by atoms with E-state index in [4.69, 9.17) is 5.84 Å². The van der Waals surface area contributed by atoms with Crippen molar-refractivity contribution in [1.82, 2.24) is 5.32 Å². The summed E-state index contributed by atoms with van der Waals surface area (Å²) in [6, 6.07) is 21.0. The quantitative estimate of drug-likeness (QED) is 0.282. The van der Waals surface area contributed by atoms with Gasteiger partial charge in [-0.25, -0.2) is 0 Å². The van der Waals surface area contributed by atoms with Crippen LogP contribution in [0.1, 0.15) is 31.8 Å². The fourth-order valence-corrected chi connectivity index (χ4v) is 2.93. The van der Waals surface area contributed by atoms with Gasteiger partial charge >= 0.3 is 0 Å². The van der Waals surface area contributed by atoms with Crippen LogP contribution in [0.15, 0.2) is 84.0 Å². The van der Waals surface area contributed by atoms with Crippen LogP contribution in [-0.2, 0) is 11.5 Å². The van der Waals surface area contributed by atoms with Crippen LogP contribution in [0.25, 0.3) is 0 Å². The van der Waals surface area contributed by atoms with Crippen LogP contribution in [0.2, 0.25) is 0 Å². The molecule has 0 spiro atoms. The maximum absolute atomic E-state index is 13.0. The molecule has 6 heteroatoms. The molecule has 29 heavy (non-hydrogen) atoms. The fraction of sp³-hybridized carbons (Fsp3) is 0.0870. The van der Waals surface area contributed by atoms with Crippen LogP contribution in [-0.4, -0.2) is 23.9 Å². The Hall–Kier alpha value is -3.93. The molecule has 0 aliphatic carbocycles. The van der Waals surface area contributed by atoms with Gasteiger partial charge in [0.25, 0.3) is 5.91 Å². The first-order valence-electron chi connectivity index (χ1n) is 9.06. The molecule has 0 heterocycles. The molecule has 1 radical (unpaired) electrons. The second kappa shape index (κ2) is 9.32. The van der Waals surface area contributed by atoms with Crippen molar-refractivity contribution in [2.24, 2.45) is 10.9 Å². The average Bonchev–Trinajstić information content (AvgIpc) is 2.75. The lowest BCUT2D eigenvalue weighted by Gasteiger charge is -2.18. The van der Waals surface area contributed by atoms with Crippen molar-refractivity contribution in [2.75, 3.05) is 0 Å². The van der Waals surface area contributed by atoms with Crippen LogP contribution < -0.4 is 11.2 Å². The number of carbonyl (C=O) groups excluding carboxylic acids is 2. The summed E-state index contributed by atoms with van der Waals surface area (Å²) in [6.07, 6.45) is 1.81. The number of rotatable bonds is 7. The Labute approximate surface area is 168 Å². The van der Waals surface area contributed by atoms with Crippen LogP contribution in [0.5, 0.6) is 5.75 Å². The van der Waals surface area contributed by atoms with Gasteiger partial charge in [-0.15, -0.1) is 0 Å². The van der Waals surface area contributed by atoms with Crippen molar-refractivity contribution in [1.29, 1.82) is 0 Å². The monoisotopic (exact) mass is 386 g/mol. The molecule has 3 rings (SSSR count). The molecule has 3 aromatic rings. The Morgan fingerprint density at radius 1 is 0.897 bits per heavy atom. The smallest absolute Gasteiger partial charge is 0.251 e. The maximum atomic E-state index is 13.0. The average molecular weight is 386 g/mol. The van der Waals surface area contributed by atoms with E-state index in [9.17, 15) is 14.7 Å². The van der Waals surface area contributed by atoms with Gasteiger partial charge in [-0.3, -0.25) is 14.7 Å². The largest absolute Gasteiger partial charge is 0.342 e. The molecule has 1 atom stereocenters. The molecule has 0 bridgehead atoms. The number of hydrogen-bond acceptors (Lipinski definition) is 4. The first-order chi connectivity index (χ1) is 14.1. The van der Waals surface area contributed by atoms with Crippen molar-refractivity contribution in [3.05, 3.63) is 101 Å². The summed E-state index contributed by atoms with van der Waals surface area (Å²) in [7, 11) is 0. The van der Waals surface area contributed by atoms with Gasteiger partial charge < -0.3 is 11.2 Å². The number of nitrogens with two attached hydrogens (primary N) is 1. The SMILES string of the molecule is NN=Cc1ccc(C(=O)N[C@@H](Cc2ccccc2)C(=O)c2ccc([O])cc2)cc1. The summed E-state index contributed by atoms with van der Waals surface area (Å²) in [6.45, 7) is 0. The maximum Gasteiger partial charge on any atom is 0.251 e. The minimum atomic E-state index is -0.771. The number of ketones is 1. The topological polar surface area (TPSA) is 104 Å². The Kier molecular flexibility index (Phi) is 6.37. The van der Waals surface area contributed by atoms with Gasteiger partial charge in [-0.1, -0.05) is 42.5 Å². The van der Waals surface area contributed by atoms with Crippen molar-refractivity contribution in [3.8, 4) is 5.75 Å². The van der Waals surface area contributed by atoms with Crippen LogP contribution in [0.4, 0.5) is 0 Å². The third-order valence-corrected chi connectivity index (χ3v) is 4.44. The van der Waals surface area contributed by atoms with Crippen molar-refractivity contribution in [2.45, 2.75) is 12.5 Å². The van der Waals surface area contributed by atoms with Gasteiger partial charge in [0, 0.05) is 17.5 Å². The molecule has 0 saturated carbocycles. The Morgan fingerprint density at radius 2 is 1.52 bits per heavy atom. The zero-order chi connectivity index (χ0) is 20.6. The van der Waals surface area contributed by atoms with E-state index in [1.165, 1.54) is 30.5 Å². The number of hydrazone groups is 1. The Bertz CT molecular complexity index is 998. The second-order valence-corrected chi connectivity index (χ2v) is 6.50. The highest BCUT2D eigenvalue weighted by atomic mass is 16.3. The van der Waals surface area contributed by atoms with Gasteiger partial charge in [-0.2, -0.15) is 5.10 Å². The standard InChI is InChI=1S/C23H20N3O3/c24-25-15-17-6-8-19(9-7-17)23(29)26-21(14-16-4-2-1-3-5-16)22(28)18-10-12-20(27)13-11-18/h1-13,15,21H,14,24H2,(H,26,29)/t21-/m0/s1. The summed E-state index contributed by atoms with van der Waals surface area (Å²) in [5.41, 5.74) is 2.47. The molecule has 0 aliphatic heterocycles. The molecule has 0 saturated heterocycles. The van der Waals surface area contributed by atoms with E-state index in [0.29, 0.717) is 17.5 Å². The summed E-state index contributed by atoms with van der Waals surface area (Å²) < 4.78 is 0. The predicted octanol–water partition coefficient (Wildman–Crippen LogP) is 3.35. The van der Waals surface area contributed by atoms with E-state index >= 15 is 0 Å². The normalized spacial score (nSPS) is 11.9. The minimum absolute atomic E-state index is 0.175. The fourth-order valence-electron chi connectivity index (χ4n) is 2.93. The summed E-state index contributed by atoms with van der Waals surface area (Å²) in [5, 5.41) is 17.6. The lowest BCUT2D eigenvalue weighted by atomic mass is 9.97. The molecule has 1 amide bonds. The van der Waals surface area contributed by atoms with Crippen molar-refractivity contribution in [3.63, 3.8) is 0 Å². The lowest BCUT2D eigenvalue weighted by Crippen LogP contribution is -2.42. The van der Waals surface area contributed by atoms with Crippen LogP contribution in [0, 0.1) is 0 Å². The van der Waals surface area contributed by atoms with E-state index in [0.717, 1.165) is 11.1 Å². The number of nitrogens with one attached hydrogen (secondary N) is 1. The van der Waals surface area contributed by atoms with E-state index in [2.05, 4.69) is 10.4 Å². The molecule has 0 aromatic heterocycles. The highest BCUT2D eigenvalue weighted by molar-refractivity contribution is 6.04. The third-order valence-electron chi connectivity index (χ3n) is 4.44. The van der Waals surface area contributed by atoms with E-state index in [1.54, 1.807) is 24.3 Å². The Balaban J connectivity index is 1.82. The zero-order valence-corrected chi connectivity index (χ0v) is 15.6. The molecule has 0 aliphatic rings. The highest BCUT2D eigenvalue weighted by Gasteiger charge is 2.23. The minimum Gasteiger partial charge on any atom is -0.342 e. The Morgan fingerprint density at radius 3 is 2.14 bits per heavy atom. The van der Waals surface area contributed by atoms with Gasteiger partial charge in [0.15, 0.2) is 11.5 Å². The van der Waals surface area contributed by atoms with Crippen molar-refractivity contribution < 1.29 is 14.7 Å². The van der Waals surface area contributed by atoms with E-state index in [-0.39, 0.29) is 17.4 Å². The summed E-state index contributed by atoms with van der Waals surface area (Å²) in [4.78, 5) is 25.8. The van der Waals surface area contributed by atoms with E-state index < -0.39 is 6.04 Å². The predicted molar refractivity (Wildman–Crippen MR) is 111 cm³/mol. The van der Waals surface area contributed by atoms with Gasteiger partial charge in [-0.05, 0) is 47.5 Å². The molecule has 3 N–H and O–H groups in total. The second-order valence-electron chi connectivity index (χ2n) is 6.50. The number of Topliss-reactive ketones (excluding diaryl/α,β-unsaturated/α-hetero) is 1. The molecule has 145 valence electrons. The molecule has 0 fully saturated rings. The number of hydrogen-bond donors (Lipinski definition) is 2. The molecular formula is C23H20N3O3. The number of amides is 1. The van der Waals surface area contributed by atoms with Crippen LogP contribution >= 0.6 is 0 Å². The molecule has 6 nitrogen and oxygen atoms in total. The van der Waals surface area contributed by atoms with Crippen LogP contribution in [0.3, 0.4) is 0 Å². The third kappa shape index (κ3) is 5.29.